The Labute approximate surface area is 363 Å². The smallest absolute Gasteiger partial charge is 0.135 e. The van der Waals surface area contributed by atoms with Gasteiger partial charge in [0.25, 0.3) is 0 Å². The molecule has 3 heteroatoms. The van der Waals surface area contributed by atoms with E-state index in [9.17, 15) is 0 Å². The predicted octanol–water partition coefficient (Wildman–Crippen LogP) is 16.4. The molecule has 0 spiro atoms. The van der Waals surface area contributed by atoms with Gasteiger partial charge in [-0.2, -0.15) is 0 Å². The maximum Gasteiger partial charge on any atom is 0.135 e. The molecule has 3 nitrogen and oxygen atoms in total. The van der Waals surface area contributed by atoms with Crippen molar-refractivity contribution >= 4 is 65.6 Å². The zero-order valence-corrected chi connectivity index (χ0v) is 34.2. The van der Waals surface area contributed by atoms with Crippen molar-refractivity contribution in [2.75, 3.05) is 0 Å². The summed E-state index contributed by atoms with van der Waals surface area (Å²) < 4.78 is 11.1. The average Bonchev–Trinajstić information content (AvgIpc) is 4.01. The van der Waals surface area contributed by atoms with Crippen molar-refractivity contribution in [3.63, 3.8) is 0 Å². The molecule has 63 heavy (non-hydrogen) atoms. The van der Waals surface area contributed by atoms with Crippen LogP contribution in [0.3, 0.4) is 0 Å². The summed E-state index contributed by atoms with van der Waals surface area (Å²) in [5.74, 6) is 0. The third-order valence-electron chi connectivity index (χ3n) is 12.9. The maximum atomic E-state index is 6.30. The second-order valence-electron chi connectivity index (χ2n) is 16.5. The number of hydrogen-bond acceptors (Lipinski definition) is 1. The van der Waals surface area contributed by atoms with Gasteiger partial charge in [0.1, 0.15) is 11.2 Å². The fourth-order valence-electron chi connectivity index (χ4n) is 9.91. The molecule has 3 heterocycles. The van der Waals surface area contributed by atoms with E-state index in [0.29, 0.717) is 0 Å². The van der Waals surface area contributed by atoms with E-state index in [4.69, 9.17) is 4.42 Å². The molecule has 0 radical (unpaired) electrons. The van der Waals surface area contributed by atoms with E-state index in [0.717, 1.165) is 66.6 Å². The Morgan fingerprint density at radius 2 is 0.635 bits per heavy atom. The van der Waals surface area contributed by atoms with Crippen LogP contribution in [-0.2, 0) is 0 Å². The first-order valence-corrected chi connectivity index (χ1v) is 21.6. The number of nitrogens with zero attached hydrogens (tertiary/aromatic N) is 2. The SMILES string of the molecule is c1ccc(-c2ccc3c(c2)c2cc(-c4ccccc4)ccc2n3-c2cc(-c3ccc4oc5ccccc5c4c3)cc(-c3ccc4c(c3)c3ccccc3n4-c3ccccc3)c2)cc1. The minimum Gasteiger partial charge on any atom is -0.456 e. The summed E-state index contributed by atoms with van der Waals surface area (Å²) in [4.78, 5) is 0. The Morgan fingerprint density at radius 1 is 0.222 bits per heavy atom. The van der Waals surface area contributed by atoms with Gasteiger partial charge in [-0.15, -0.1) is 0 Å². The average molecular weight is 803 g/mol. The van der Waals surface area contributed by atoms with Crippen molar-refractivity contribution < 1.29 is 4.42 Å². The highest BCUT2D eigenvalue weighted by Gasteiger charge is 2.19. The van der Waals surface area contributed by atoms with E-state index in [1.807, 2.05) is 12.1 Å². The second kappa shape index (κ2) is 14.1. The molecule has 10 aromatic carbocycles. The monoisotopic (exact) mass is 802 g/mol. The number of rotatable bonds is 6. The highest BCUT2D eigenvalue weighted by Crippen LogP contribution is 2.42. The lowest BCUT2D eigenvalue weighted by Gasteiger charge is -2.15. The molecule has 0 fully saturated rings. The molecular weight excluding hydrogens is 765 g/mol. The Hall–Kier alpha value is -8.40. The molecule has 3 aromatic heterocycles. The molecule has 0 aliphatic heterocycles. The van der Waals surface area contributed by atoms with Crippen molar-refractivity contribution in [3.8, 4) is 55.9 Å². The van der Waals surface area contributed by atoms with E-state index >= 15 is 0 Å². The fourth-order valence-corrected chi connectivity index (χ4v) is 9.91. The van der Waals surface area contributed by atoms with Gasteiger partial charge in [0.15, 0.2) is 0 Å². The fraction of sp³-hybridized carbons (Fsp3) is 0. The Balaban J connectivity index is 1.08. The summed E-state index contributed by atoms with van der Waals surface area (Å²) >= 11 is 0. The number of hydrogen-bond donors (Lipinski definition) is 0. The lowest BCUT2D eigenvalue weighted by Crippen LogP contribution is -1.96. The van der Waals surface area contributed by atoms with Gasteiger partial charge in [0.2, 0.25) is 0 Å². The van der Waals surface area contributed by atoms with Crippen LogP contribution in [0.25, 0.3) is 121 Å². The van der Waals surface area contributed by atoms with Crippen LogP contribution >= 0.6 is 0 Å². The molecule has 0 atom stereocenters. The number of para-hydroxylation sites is 3. The summed E-state index contributed by atoms with van der Waals surface area (Å²) in [6.45, 7) is 0. The normalized spacial score (nSPS) is 11.8. The van der Waals surface area contributed by atoms with Gasteiger partial charge in [-0.3, -0.25) is 0 Å². The van der Waals surface area contributed by atoms with Gasteiger partial charge in [-0.05, 0) is 136 Å². The molecule has 0 N–H and O–H groups in total. The molecule has 0 amide bonds. The second-order valence-corrected chi connectivity index (χ2v) is 16.5. The standard InChI is InChI=1S/C60H38N2O/c1-4-14-39(15-5-1)41-24-28-57-52(35-41)53-36-42(40-16-6-2-7-17-40)25-29-58(53)62(57)48-33-45(32-46(34-48)44-27-31-60-54(38-44)50-21-11-13-23-59(50)63-60)43-26-30-56-51(37-43)49-20-10-12-22-55(49)61(56)47-18-8-3-9-19-47/h1-38H. The minimum atomic E-state index is 0.891. The third-order valence-corrected chi connectivity index (χ3v) is 12.9. The van der Waals surface area contributed by atoms with E-state index in [-0.39, 0.29) is 0 Å². The number of aromatic nitrogens is 2. The number of fused-ring (bicyclic) bond motifs is 9. The highest BCUT2D eigenvalue weighted by molar-refractivity contribution is 6.13. The van der Waals surface area contributed by atoms with Gasteiger partial charge >= 0.3 is 0 Å². The molecule has 294 valence electrons. The summed E-state index contributed by atoms with van der Waals surface area (Å²) in [6, 6.07) is 83.7. The van der Waals surface area contributed by atoms with Gasteiger partial charge in [-0.1, -0.05) is 140 Å². The molecule has 13 aromatic rings. The largest absolute Gasteiger partial charge is 0.456 e. The van der Waals surface area contributed by atoms with Crippen LogP contribution in [0.5, 0.6) is 0 Å². The summed E-state index contributed by atoms with van der Waals surface area (Å²) in [5.41, 5.74) is 18.1. The van der Waals surface area contributed by atoms with Gasteiger partial charge in [0, 0.05) is 43.7 Å². The third kappa shape index (κ3) is 5.75. The van der Waals surface area contributed by atoms with Crippen LogP contribution in [0.15, 0.2) is 235 Å². The molecule has 0 bridgehead atoms. The Kier molecular flexibility index (Phi) is 7.91. The van der Waals surface area contributed by atoms with Crippen molar-refractivity contribution in [3.05, 3.63) is 231 Å². The van der Waals surface area contributed by atoms with Crippen LogP contribution in [0.1, 0.15) is 0 Å². The molecular formula is C60H38N2O. The first kappa shape index (κ1) is 35.4. The zero-order valence-electron chi connectivity index (χ0n) is 34.2. The highest BCUT2D eigenvalue weighted by atomic mass is 16.3. The zero-order chi connectivity index (χ0) is 41.4. The van der Waals surface area contributed by atoms with Crippen LogP contribution in [0.2, 0.25) is 0 Å². The molecule has 0 saturated heterocycles. The van der Waals surface area contributed by atoms with Crippen molar-refractivity contribution in [1.82, 2.24) is 9.13 Å². The molecule has 0 aliphatic rings. The number of furan rings is 1. The molecule has 0 unspecified atom stereocenters. The summed E-state index contributed by atoms with van der Waals surface area (Å²) in [5, 5.41) is 7.14. The van der Waals surface area contributed by atoms with E-state index in [1.54, 1.807) is 0 Å². The quantitative estimate of drug-likeness (QED) is 0.164. The van der Waals surface area contributed by atoms with Crippen LogP contribution < -0.4 is 0 Å². The Bertz CT molecular complexity index is 3790. The first-order chi connectivity index (χ1) is 31.2. The van der Waals surface area contributed by atoms with Gasteiger partial charge in [-0.25, -0.2) is 0 Å². The topological polar surface area (TPSA) is 23.0 Å². The lowest BCUT2D eigenvalue weighted by molar-refractivity contribution is 0.669. The van der Waals surface area contributed by atoms with Gasteiger partial charge in [0.05, 0.1) is 22.1 Å². The molecule has 0 saturated carbocycles. The first-order valence-electron chi connectivity index (χ1n) is 21.6. The predicted molar refractivity (Wildman–Crippen MR) is 264 cm³/mol. The summed E-state index contributed by atoms with van der Waals surface area (Å²) in [7, 11) is 0. The van der Waals surface area contributed by atoms with Crippen LogP contribution in [-0.4, -0.2) is 9.13 Å². The van der Waals surface area contributed by atoms with E-state index < -0.39 is 0 Å². The van der Waals surface area contributed by atoms with Crippen molar-refractivity contribution in [2.24, 2.45) is 0 Å². The van der Waals surface area contributed by atoms with Crippen molar-refractivity contribution in [2.45, 2.75) is 0 Å². The minimum absolute atomic E-state index is 0.891. The summed E-state index contributed by atoms with van der Waals surface area (Å²) in [6.07, 6.45) is 0. The lowest BCUT2D eigenvalue weighted by atomic mass is 9.96. The maximum absolute atomic E-state index is 6.30. The van der Waals surface area contributed by atoms with Crippen LogP contribution in [0, 0.1) is 0 Å². The molecule has 13 rings (SSSR count). The van der Waals surface area contributed by atoms with E-state index in [2.05, 4.69) is 228 Å². The van der Waals surface area contributed by atoms with Crippen LogP contribution in [0.4, 0.5) is 0 Å². The Morgan fingerprint density at radius 3 is 1.24 bits per heavy atom. The van der Waals surface area contributed by atoms with Crippen molar-refractivity contribution in [1.29, 1.82) is 0 Å². The van der Waals surface area contributed by atoms with Gasteiger partial charge < -0.3 is 13.6 Å². The molecule has 0 aliphatic carbocycles. The number of benzene rings is 10. The van der Waals surface area contributed by atoms with E-state index in [1.165, 1.54) is 54.8 Å².